The van der Waals surface area contributed by atoms with E-state index in [4.69, 9.17) is 114 Å². The minimum Gasteiger partial charge on any atom is -0.744 e. The summed E-state index contributed by atoms with van der Waals surface area (Å²) in [7, 11) is -13.1. The van der Waals surface area contributed by atoms with Crippen LogP contribution >= 0.6 is 0 Å². The van der Waals surface area contributed by atoms with Crippen LogP contribution in [0.5, 0.6) is 0 Å². The van der Waals surface area contributed by atoms with Crippen LogP contribution in [0.3, 0.4) is 0 Å². The fourth-order valence-corrected chi connectivity index (χ4v) is 16.0. The number of ether oxygens (including phenoxy) is 24. The molecule has 0 saturated carbocycles. The van der Waals surface area contributed by atoms with Crippen LogP contribution < -0.4 is 10.2 Å². The molecule has 2 aliphatic heterocycles. The van der Waals surface area contributed by atoms with Crippen LogP contribution in [0.1, 0.15) is 109 Å². The van der Waals surface area contributed by atoms with Crippen molar-refractivity contribution in [2.45, 2.75) is 124 Å². The van der Waals surface area contributed by atoms with E-state index in [9.17, 15) is 53.6 Å². The summed E-state index contributed by atoms with van der Waals surface area (Å²) in [5.74, 6) is -1.04. The molecule has 0 aromatic heterocycles. The maximum Gasteiger partial charge on any atom is 0.303 e. The van der Waals surface area contributed by atoms with E-state index in [0.717, 1.165) is 29.9 Å². The monoisotopic (exact) mass is 1980 g/mol. The number of aliphatic carboxylic acids is 1. The summed E-state index contributed by atoms with van der Waals surface area (Å²) in [6.45, 7) is 30.9. The minimum atomic E-state index is -5.25. The molecule has 39 nitrogen and oxygen atoms in total. The van der Waals surface area contributed by atoms with Crippen LogP contribution in [0.25, 0.3) is 10.8 Å². The highest BCUT2D eigenvalue weighted by atomic mass is 32.2. The molecule has 3 aromatic rings. The molecule has 135 heavy (non-hydrogen) atoms. The maximum atomic E-state index is 12.8. The molecule has 4 N–H and O–H groups in total. The lowest BCUT2D eigenvalue weighted by molar-refractivity contribution is -0.438. The zero-order valence-electron chi connectivity index (χ0n) is 80.0. The Labute approximate surface area is 798 Å². The smallest absolute Gasteiger partial charge is 0.303 e. The molecule has 1 amide bonds. The van der Waals surface area contributed by atoms with E-state index in [1.165, 1.54) is 24.3 Å². The van der Waals surface area contributed by atoms with Gasteiger partial charge in [-0.05, 0) is 106 Å². The number of amides is 1. The number of carbonyl (C=O) groups is 2. The van der Waals surface area contributed by atoms with Crippen molar-refractivity contribution in [3.05, 3.63) is 89.7 Å². The molecule has 42 heteroatoms. The molecule has 5 rings (SSSR count). The molecular formula is C93H153N3O36S3. The van der Waals surface area contributed by atoms with Gasteiger partial charge in [-0.1, -0.05) is 50.5 Å². The van der Waals surface area contributed by atoms with Crippen LogP contribution in [0.4, 0.5) is 11.4 Å². The van der Waals surface area contributed by atoms with Crippen LogP contribution in [0, 0.1) is 0 Å². The van der Waals surface area contributed by atoms with E-state index in [2.05, 4.69) is 14.8 Å². The van der Waals surface area contributed by atoms with E-state index < -0.39 is 56.9 Å². The number of nitrogens with one attached hydrogen (secondary N) is 1. The lowest BCUT2D eigenvalue weighted by Gasteiger charge is -2.31. The molecule has 1 unspecified atom stereocenters. The first kappa shape index (κ1) is 120. The van der Waals surface area contributed by atoms with Gasteiger partial charge in [0.2, 0.25) is 11.6 Å². The molecule has 1 atom stereocenters. The van der Waals surface area contributed by atoms with Crippen molar-refractivity contribution >= 4 is 70.1 Å². The Morgan fingerprint density at radius 3 is 1.13 bits per heavy atom. The number of carbonyl (C=O) groups excluding carboxylic acids is 1. The number of unbranched alkanes of at least 4 members (excludes halogenated alkanes) is 5. The normalized spacial score (nSPS) is 14.9. The predicted molar refractivity (Wildman–Crippen MR) is 500 cm³/mol. The second kappa shape index (κ2) is 74.3. The van der Waals surface area contributed by atoms with E-state index >= 15 is 0 Å². The number of allylic oxidation sites excluding steroid dienone is 6. The third-order valence-electron chi connectivity index (χ3n) is 21.0. The number of hydrogen-bond acceptors (Lipinski definition) is 34. The SMILES string of the molecule is CCCCN1C(=CC=CC=CC2=[N+](CCCCCC(=O)NCCOCCOCCOCCOCCOCCOCCOCCOCCOCCOCCOCCOCCOCCOCCOCCOCCOCCOCCOCCOCCOCCOCCOCCOC)c3ccc(S(=O)(=O)O)cc3C2(C)C)C(C)(CCCCCC(=O)O)c2c1ccc1c(S(=O)(=O)[O-])cc(S(=O)(=O)O)cc21. The lowest BCUT2D eigenvalue weighted by Crippen LogP contribution is -2.29. The van der Waals surface area contributed by atoms with Gasteiger partial charge in [-0.3, -0.25) is 18.7 Å². The van der Waals surface area contributed by atoms with Crippen LogP contribution in [-0.4, -0.2) is 403 Å². The fraction of sp³-hybridized carbons (Fsp3) is 0.731. The van der Waals surface area contributed by atoms with Crippen molar-refractivity contribution in [2.75, 3.05) is 342 Å². The van der Waals surface area contributed by atoms with Gasteiger partial charge in [-0.15, -0.1) is 0 Å². The quantitative estimate of drug-likeness (QED) is 0.0180. The van der Waals surface area contributed by atoms with Crippen molar-refractivity contribution < 1.29 is 172 Å². The molecule has 0 fully saturated rings. The highest BCUT2D eigenvalue weighted by Gasteiger charge is 2.46. The summed E-state index contributed by atoms with van der Waals surface area (Å²) in [6.07, 6.45) is 15.1. The van der Waals surface area contributed by atoms with E-state index in [-0.39, 0.29) is 28.0 Å². The van der Waals surface area contributed by atoms with E-state index in [0.29, 0.717) is 404 Å². The molecule has 2 aliphatic rings. The Morgan fingerprint density at radius 1 is 0.415 bits per heavy atom. The summed E-state index contributed by atoms with van der Waals surface area (Å²) in [5, 5.41) is 12.5. The van der Waals surface area contributed by atoms with Crippen molar-refractivity contribution in [1.29, 1.82) is 0 Å². The van der Waals surface area contributed by atoms with Crippen molar-refractivity contribution in [3.8, 4) is 0 Å². The van der Waals surface area contributed by atoms with Gasteiger partial charge in [0.05, 0.1) is 331 Å². The number of hydrogen-bond donors (Lipinski definition) is 4. The average Bonchev–Trinajstić information content (AvgIpc) is 1.56. The molecule has 2 heterocycles. The Morgan fingerprint density at radius 2 is 0.778 bits per heavy atom. The largest absolute Gasteiger partial charge is 0.744 e. The first-order valence-electron chi connectivity index (χ1n) is 46.9. The zero-order chi connectivity index (χ0) is 97.5. The third-order valence-corrected chi connectivity index (χ3v) is 23.5. The summed E-state index contributed by atoms with van der Waals surface area (Å²) < 4.78 is 243. The van der Waals surface area contributed by atoms with Gasteiger partial charge in [0.15, 0.2) is 5.71 Å². The minimum absolute atomic E-state index is 0.00354. The van der Waals surface area contributed by atoms with E-state index in [1.54, 1.807) is 19.2 Å². The first-order chi connectivity index (χ1) is 65.5. The van der Waals surface area contributed by atoms with Crippen LogP contribution in [0.15, 0.2) is 93.2 Å². The Balaban J connectivity index is 0.759. The number of carboxylic acid groups (broad SMARTS) is 1. The molecular weight excluding hydrogens is 1830 g/mol. The highest BCUT2D eigenvalue weighted by molar-refractivity contribution is 7.87. The number of rotatable bonds is 93. The average molecular weight is 1990 g/mol. The van der Waals surface area contributed by atoms with Gasteiger partial charge in [0.1, 0.15) is 16.7 Å². The fourth-order valence-electron chi connectivity index (χ4n) is 14.2. The Bertz CT molecular complexity index is 4140. The van der Waals surface area contributed by atoms with Gasteiger partial charge >= 0.3 is 5.97 Å². The second-order valence-corrected chi connectivity index (χ2v) is 35.7. The van der Waals surface area contributed by atoms with Crippen molar-refractivity contribution in [3.63, 3.8) is 0 Å². The third kappa shape index (κ3) is 52.6. The van der Waals surface area contributed by atoms with Gasteiger partial charge in [0.25, 0.3) is 20.2 Å². The predicted octanol–water partition coefficient (Wildman–Crippen LogP) is 7.93. The number of methoxy groups -OCH3 is 1. The van der Waals surface area contributed by atoms with Gasteiger partial charge in [-0.2, -0.15) is 21.4 Å². The molecule has 0 saturated heterocycles. The topological polar surface area (TPSA) is 460 Å². The number of anilines is 1. The number of nitrogens with zero attached hydrogens (tertiary/aromatic N) is 2. The lowest BCUT2D eigenvalue weighted by atomic mass is 9.75. The van der Waals surface area contributed by atoms with Crippen molar-refractivity contribution in [2.24, 2.45) is 0 Å². The van der Waals surface area contributed by atoms with Crippen molar-refractivity contribution in [1.82, 2.24) is 5.32 Å². The van der Waals surface area contributed by atoms with E-state index in [1.807, 2.05) is 58.1 Å². The molecule has 3 aromatic carbocycles. The Hall–Kier alpha value is -5.68. The molecule has 0 bridgehead atoms. The van der Waals surface area contributed by atoms with Gasteiger partial charge in [-0.25, -0.2) is 8.42 Å². The standard InChI is InChI=1S/C93H153N3O36S3/c1-6-7-27-96-85-24-22-81-82(76-80(134(103,104)105)78-86(81)135(106,107)108)91(85)93(4,25-15-9-14-20-90(98)99)88(96)18-12-8-11-17-87-92(2,3)83-77-79(133(100,101)102)21-23-84(83)95(87)28-16-10-13-19-89(97)94-26-29-110-32-33-112-36-37-114-40-41-116-44-45-118-48-49-120-52-53-122-56-57-124-60-61-126-64-65-128-68-69-130-72-73-132-75-74-131-71-70-129-67-66-127-63-62-125-59-58-123-55-54-121-51-50-119-47-46-117-43-42-115-39-38-113-35-34-111-31-30-109-5/h8,11-12,17-18,21-24,76-78H,6-7,9-10,13-16,19-20,25-75H2,1-5H3,(H4-,94,97,98,99,100,101,102,103,104,105,106,107,108). The Kier molecular flexibility index (Phi) is 65.9. The van der Waals surface area contributed by atoms with Crippen LogP contribution in [-0.2, 0) is 164 Å². The van der Waals surface area contributed by atoms with Gasteiger partial charge in [0, 0.05) is 74.0 Å². The maximum absolute atomic E-state index is 12.8. The summed E-state index contributed by atoms with van der Waals surface area (Å²) in [4.78, 5) is 24.6. The number of fused-ring (bicyclic) bond motifs is 4. The molecule has 0 aliphatic carbocycles. The van der Waals surface area contributed by atoms with Gasteiger partial charge < -0.3 is 134 Å². The summed E-state index contributed by atoms with van der Waals surface area (Å²) in [6, 6.07) is 9.59. The number of benzene rings is 3. The molecule has 0 radical (unpaired) electrons. The number of carboxylic acids is 1. The first-order valence-corrected chi connectivity index (χ1v) is 51.2. The molecule has 774 valence electrons. The summed E-state index contributed by atoms with van der Waals surface area (Å²) >= 11 is 0. The highest BCUT2D eigenvalue weighted by Crippen LogP contribution is 2.54. The summed E-state index contributed by atoms with van der Waals surface area (Å²) in [5.41, 5.74) is 2.61. The zero-order valence-corrected chi connectivity index (χ0v) is 82.4. The van der Waals surface area contributed by atoms with Crippen LogP contribution in [0.2, 0.25) is 0 Å². The second-order valence-electron chi connectivity index (χ2n) is 31.5. The molecule has 0 spiro atoms.